The van der Waals surface area contributed by atoms with Crippen molar-refractivity contribution in [1.82, 2.24) is 9.69 Å². The van der Waals surface area contributed by atoms with Crippen molar-refractivity contribution < 1.29 is 9.59 Å². The van der Waals surface area contributed by atoms with Crippen molar-refractivity contribution in [2.24, 2.45) is 11.8 Å². The molecule has 0 radical (unpaired) electrons. The van der Waals surface area contributed by atoms with Gasteiger partial charge in [-0.2, -0.15) is 4.37 Å². The Kier molecular flexibility index (Phi) is 6.43. The zero-order valence-corrected chi connectivity index (χ0v) is 18.0. The summed E-state index contributed by atoms with van der Waals surface area (Å²) < 4.78 is 5.57. The third-order valence-corrected chi connectivity index (χ3v) is 6.73. The first-order valence-corrected chi connectivity index (χ1v) is 11.4. The van der Waals surface area contributed by atoms with Crippen molar-refractivity contribution in [1.29, 1.82) is 0 Å². The van der Waals surface area contributed by atoms with E-state index in [1.165, 1.54) is 11.5 Å². The first-order chi connectivity index (χ1) is 14.6. The molecule has 2 N–H and O–H groups in total. The molecule has 2 aromatic carbocycles. The first kappa shape index (κ1) is 20.5. The number of fused-ring (bicyclic) bond motifs is 1. The number of anilines is 1. The van der Waals surface area contributed by atoms with Crippen molar-refractivity contribution in [2.45, 2.75) is 32.6 Å². The SMILES string of the molecule is CC1CCC(C(=O)c2ccccc2C(=O)NCCNc2nsc3ccccc23)CC1. The minimum Gasteiger partial charge on any atom is -0.367 e. The fourth-order valence-electron chi connectivity index (χ4n) is 4.10. The van der Waals surface area contributed by atoms with Gasteiger partial charge in [-0.25, -0.2) is 0 Å². The van der Waals surface area contributed by atoms with Crippen molar-refractivity contribution in [3.63, 3.8) is 0 Å². The molecular formula is C24H27N3O2S. The van der Waals surface area contributed by atoms with Crippen molar-refractivity contribution in [3.8, 4) is 0 Å². The lowest BCUT2D eigenvalue weighted by Gasteiger charge is -2.25. The number of Topliss-reactive ketones (excluding diaryl/α,β-unsaturated/α-hetero) is 1. The molecule has 156 valence electrons. The van der Waals surface area contributed by atoms with Crippen LogP contribution in [0.1, 0.15) is 53.3 Å². The molecule has 6 heteroatoms. The molecular weight excluding hydrogens is 394 g/mol. The first-order valence-electron chi connectivity index (χ1n) is 10.6. The summed E-state index contributed by atoms with van der Waals surface area (Å²) in [4.78, 5) is 25.8. The van der Waals surface area contributed by atoms with E-state index in [9.17, 15) is 9.59 Å². The van der Waals surface area contributed by atoms with E-state index in [2.05, 4.69) is 21.9 Å². The van der Waals surface area contributed by atoms with E-state index < -0.39 is 0 Å². The number of ketones is 1. The largest absolute Gasteiger partial charge is 0.367 e. The number of amides is 1. The summed E-state index contributed by atoms with van der Waals surface area (Å²) in [6, 6.07) is 15.2. The Morgan fingerprint density at radius 3 is 2.47 bits per heavy atom. The van der Waals surface area contributed by atoms with Crippen LogP contribution in [0.2, 0.25) is 0 Å². The smallest absolute Gasteiger partial charge is 0.252 e. The maximum atomic E-state index is 13.0. The number of carbonyl (C=O) groups is 2. The van der Waals surface area contributed by atoms with Crippen LogP contribution in [0.3, 0.4) is 0 Å². The highest BCUT2D eigenvalue weighted by molar-refractivity contribution is 7.13. The molecule has 0 atom stereocenters. The predicted octanol–water partition coefficient (Wildman–Crippen LogP) is 5.15. The van der Waals surface area contributed by atoms with Crippen molar-refractivity contribution in [3.05, 3.63) is 59.7 Å². The molecule has 30 heavy (non-hydrogen) atoms. The molecule has 1 saturated carbocycles. The van der Waals surface area contributed by atoms with Crippen LogP contribution in [0.25, 0.3) is 10.1 Å². The van der Waals surface area contributed by atoms with E-state index in [0.29, 0.717) is 30.1 Å². The maximum Gasteiger partial charge on any atom is 0.252 e. The van der Waals surface area contributed by atoms with Crippen LogP contribution < -0.4 is 10.6 Å². The van der Waals surface area contributed by atoms with Gasteiger partial charge in [-0.3, -0.25) is 9.59 Å². The van der Waals surface area contributed by atoms with Gasteiger partial charge in [-0.15, -0.1) is 0 Å². The second kappa shape index (κ2) is 9.39. The zero-order chi connectivity index (χ0) is 20.9. The number of nitrogens with zero attached hydrogens (tertiary/aromatic N) is 1. The molecule has 0 unspecified atom stereocenters. The molecule has 5 nitrogen and oxygen atoms in total. The van der Waals surface area contributed by atoms with Gasteiger partial charge in [0.25, 0.3) is 5.91 Å². The van der Waals surface area contributed by atoms with Gasteiger partial charge in [-0.05, 0) is 48.5 Å². The van der Waals surface area contributed by atoms with Gasteiger partial charge in [0, 0.05) is 30.0 Å². The van der Waals surface area contributed by atoms with Crippen LogP contribution in [-0.4, -0.2) is 29.2 Å². The summed E-state index contributed by atoms with van der Waals surface area (Å²) in [6.07, 6.45) is 4.01. The second-order valence-electron chi connectivity index (χ2n) is 8.08. The van der Waals surface area contributed by atoms with E-state index in [0.717, 1.165) is 41.6 Å². The number of benzene rings is 2. The van der Waals surface area contributed by atoms with Gasteiger partial charge in [-0.1, -0.05) is 50.1 Å². The van der Waals surface area contributed by atoms with Crippen LogP contribution in [0.15, 0.2) is 48.5 Å². The Hall–Kier alpha value is -2.73. The molecule has 0 saturated heterocycles. The Balaban J connectivity index is 1.35. The number of aromatic nitrogens is 1. The number of hydrogen-bond donors (Lipinski definition) is 2. The normalized spacial score (nSPS) is 18.8. The average molecular weight is 422 g/mol. The van der Waals surface area contributed by atoms with E-state index in [1.54, 1.807) is 12.1 Å². The van der Waals surface area contributed by atoms with Gasteiger partial charge >= 0.3 is 0 Å². The lowest BCUT2D eigenvalue weighted by molar-refractivity contribution is 0.0862. The Morgan fingerprint density at radius 2 is 1.67 bits per heavy atom. The number of rotatable bonds is 7. The third kappa shape index (κ3) is 4.54. The quantitative estimate of drug-likeness (QED) is 0.409. The summed E-state index contributed by atoms with van der Waals surface area (Å²) in [5.74, 6) is 1.48. The summed E-state index contributed by atoms with van der Waals surface area (Å²) in [7, 11) is 0. The molecule has 3 aromatic rings. The van der Waals surface area contributed by atoms with E-state index in [1.807, 2.05) is 36.4 Å². The van der Waals surface area contributed by atoms with Gasteiger partial charge in [0.2, 0.25) is 0 Å². The molecule has 1 aromatic heterocycles. The molecule has 1 heterocycles. The molecule has 1 amide bonds. The fourth-order valence-corrected chi connectivity index (χ4v) is 4.86. The maximum absolute atomic E-state index is 13.0. The van der Waals surface area contributed by atoms with E-state index in [-0.39, 0.29) is 17.6 Å². The standard InChI is InChI=1S/C24H27N3O2S/c1-16-10-12-17(13-11-16)22(28)18-6-2-3-7-19(18)24(29)26-15-14-25-23-20-8-4-5-9-21(20)30-27-23/h2-9,16-17H,10-15H2,1H3,(H,25,27)(H,26,29). The van der Waals surface area contributed by atoms with Gasteiger partial charge in [0.05, 0.1) is 10.3 Å². The molecule has 0 bridgehead atoms. The number of hydrogen-bond acceptors (Lipinski definition) is 5. The fraction of sp³-hybridized carbons (Fsp3) is 0.375. The molecule has 0 spiro atoms. The van der Waals surface area contributed by atoms with Crippen LogP contribution in [0.4, 0.5) is 5.82 Å². The highest BCUT2D eigenvalue weighted by Gasteiger charge is 2.27. The number of nitrogens with one attached hydrogen (secondary N) is 2. The van der Waals surface area contributed by atoms with Gasteiger partial charge in [0.1, 0.15) is 5.82 Å². The molecule has 1 aliphatic rings. The minimum atomic E-state index is -0.201. The van der Waals surface area contributed by atoms with Crippen LogP contribution in [0, 0.1) is 11.8 Å². The Labute approximate surface area is 181 Å². The minimum absolute atomic E-state index is 0.0368. The lowest BCUT2D eigenvalue weighted by Crippen LogP contribution is -2.31. The summed E-state index contributed by atoms with van der Waals surface area (Å²) >= 11 is 1.46. The van der Waals surface area contributed by atoms with Crippen LogP contribution in [0.5, 0.6) is 0 Å². The highest BCUT2D eigenvalue weighted by atomic mass is 32.1. The topological polar surface area (TPSA) is 71.1 Å². The monoisotopic (exact) mass is 421 g/mol. The Morgan fingerprint density at radius 1 is 0.967 bits per heavy atom. The van der Waals surface area contributed by atoms with E-state index in [4.69, 9.17) is 0 Å². The second-order valence-corrected chi connectivity index (χ2v) is 8.88. The van der Waals surface area contributed by atoms with Crippen molar-refractivity contribution in [2.75, 3.05) is 18.4 Å². The third-order valence-electron chi connectivity index (χ3n) is 5.90. The predicted molar refractivity (Wildman–Crippen MR) is 122 cm³/mol. The number of carbonyl (C=O) groups excluding carboxylic acids is 2. The molecule has 0 aliphatic heterocycles. The van der Waals surface area contributed by atoms with E-state index >= 15 is 0 Å². The summed E-state index contributed by atoms with van der Waals surface area (Å²) in [5, 5.41) is 7.31. The van der Waals surface area contributed by atoms with Gasteiger partial charge < -0.3 is 10.6 Å². The molecule has 1 fully saturated rings. The van der Waals surface area contributed by atoms with Crippen LogP contribution >= 0.6 is 11.5 Å². The molecule has 1 aliphatic carbocycles. The Bertz CT molecular complexity index is 1040. The zero-order valence-electron chi connectivity index (χ0n) is 17.2. The summed E-state index contributed by atoms with van der Waals surface area (Å²) in [5.41, 5.74) is 1.02. The average Bonchev–Trinajstić information content (AvgIpc) is 3.20. The summed E-state index contributed by atoms with van der Waals surface area (Å²) in [6.45, 7) is 3.26. The molecule has 4 rings (SSSR count). The highest BCUT2D eigenvalue weighted by Crippen LogP contribution is 2.31. The van der Waals surface area contributed by atoms with Crippen molar-refractivity contribution >= 4 is 39.1 Å². The lowest BCUT2D eigenvalue weighted by atomic mass is 9.78. The van der Waals surface area contributed by atoms with Crippen LogP contribution in [-0.2, 0) is 0 Å². The van der Waals surface area contributed by atoms with Gasteiger partial charge in [0.15, 0.2) is 5.78 Å².